The Labute approximate surface area is 186 Å². The van der Waals surface area contributed by atoms with Gasteiger partial charge in [-0.25, -0.2) is 8.42 Å². The highest BCUT2D eigenvalue weighted by Crippen LogP contribution is 2.34. The zero-order valence-electron chi connectivity index (χ0n) is 17.7. The van der Waals surface area contributed by atoms with Crippen LogP contribution in [0.2, 0.25) is 0 Å². The molecule has 1 unspecified atom stereocenters. The van der Waals surface area contributed by atoms with Gasteiger partial charge in [-0.15, -0.1) is 0 Å². The van der Waals surface area contributed by atoms with Gasteiger partial charge >= 0.3 is 0 Å². The predicted molar refractivity (Wildman–Crippen MR) is 116 cm³/mol. The fourth-order valence-electron chi connectivity index (χ4n) is 3.88. The van der Waals surface area contributed by atoms with Crippen LogP contribution in [0.15, 0.2) is 47.4 Å². The summed E-state index contributed by atoms with van der Waals surface area (Å²) < 4.78 is 38.7. The van der Waals surface area contributed by atoms with Crippen molar-refractivity contribution < 1.29 is 27.5 Å². The number of ether oxygens (including phenoxy) is 2. The van der Waals surface area contributed by atoms with Crippen LogP contribution in [0.25, 0.3) is 0 Å². The van der Waals surface area contributed by atoms with E-state index < -0.39 is 16.1 Å². The van der Waals surface area contributed by atoms with Gasteiger partial charge in [0.15, 0.2) is 11.5 Å². The first-order valence-electron chi connectivity index (χ1n) is 10.4. The van der Waals surface area contributed by atoms with E-state index in [0.29, 0.717) is 43.1 Å². The topological polar surface area (TPSA) is 114 Å². The average molecular weight is 460 g/mol. The van der Waals surface area contributed by atoms with E-state index in [0.717, 1.165) is 5.56 Å². The molecule has 0 saturated carbocycles. The molecule has 1 atom stereocenters. The molecular weight excluding hydrogens is 434 g/mol. The van der Waals surface area contributed by atoms with Gasteiger partial charge in [-0.2, -0.15) is 4.31 Å². The fraction of sp³-hybridized carbons (Fsp3) is 0.364. The van der Waals surface area contributed by atoms with Crippen molar-refractivity contribution in [2.75, 3.05) is 26.8 Å². The third kappa shape index (κ3) is 4.42. The molecule has 2 N–H and O–H groups in total. The van der Waals surface area contributed by atoms with Crippen molar-refractivity contribution in [3.8, 4) is 11.5 Å². The summed E-state index contributed by atoms with van der Waals surface area (Å²) in [6, 6.07) is 10.6. The molecule has 0 aromatic heterocycles. The minimum atomic E-state index is -3.89. The molecule has 0 aliphatic carbocycles. The maximum Gasteiger partial charge on any atom is 0.251 e. The molecule has 2 aliphatic heterocycles. The van der Waals surface area contributed by atoms with E-state index in [4.69, 9.17) is 9.47 Å². The average Bonchev–Trinajstić information content (AvgIpc) is 3.33. The summed E-state index contributed by atoms with van der Waals surface area (Å²) in [6.45, 7) is 1.23. The molecule has 2 aliphatic rings. The fourth-order valence-corrected chi connectivity index (χ4v) is 5.56. The highest BCUT2D eigenvalue weighted by atomic mass is 32.2. The lowest BCUT2D eigenvalue weighted by atomic mass is 10.1. The summed E-state index contributed by atoms with van der Waals surface area (Å²) >= 11 is 0. The summed E-state index contributed by atoms with van der Waals surface area (Å²) in [5.41, 5.74) is 1.24. The number of nitrogens with zero attached hydrogens (tertiary/aromatic N) is 1. The van der Waals surface area contributed by atoms with Crippen LogP contribution in [-0.2, 0) is 21.4 Å². The molecule has 2 heterocycles. The molecule has 9 nitrogen and oxygen atoms in total. The van der Waals surface area contributed by atoms with E-state index >= 15 is 0 Å². The quantitative estimate of drug-likeness (QED) is 0.673. The van der Waals surface area contributed by atoms with Gasteiger partial charge in [0.1, 0.15) is 19.3 Å². The summed E-state index contributed by atoms with van der Waals surface area (Å²) in [5.74, 6) is 0.304. The minimum Gasteiger partial charge on any atom is -0.486 e. The standard InChI is InChI=1S/C22H25N3O6S/c1-23-21(26)16-5-2-4-15(12-16)14-24-22(27)18-6-3-9-25(18)32(28,29)17-7-8-19-20(13-17)31-11-10-30-19/h2,4-5,7-8,12-13,18H,3,6,9-11,14H2,1H3,(H,23,26)(H,24,27). The zero-order chi connectivity index (χ0) is 22.7. The first-order valence-corrected chi connectivity index (χ1v) is 11.8. The van der Waals surface area contributed by atoms with Crippen molar-refractivity contribution >= 4 is 21.8 Å². The normalized spacial score (nSPS) is 18.2. The molecule has 2 aromatic rings. The number of amides is 2. The second kappa shape index (κ2) is 9.17. The Hall–Kier alpha value is -3.11. The lowest BCUT2D eigenvalue weighted by molar-refractivity contribution is -0.124. The van der Waals surface area contributed by atoms with Gasteiger partial charge in [0.2, 0.25) is 15.9 Å². The molecular formula is C22H25N3O6S. The second-order valence-electron chi connectivity index (χ2n) is 7.58. The Morgan fingerprint density at radius 1 is 1.09 bits per heavy atom. The summed E-state index contributed by atoms with van der Waals surface area (Å²) in [7, 11) is -2.34. The molecule has 10 heteroatoms. The third-order valence-corrected chi connectivity index (χ3v) is 7.41. The van der Waals surface area contributed by atoms with Crippen LogP contribution in [0.3, 0.4) is 0 Å². The molecule has 170 valence electrons. The van der Waals surface area contributed by atoms with E-state index in [1.165, 1.54) is 16.4 Å². The maximum atomic E-state index is 13.3. The van der Waals surface area contributed by atoms with Crippen LogP contribution in [0.5, 0.6) is 11.5 Å². The Morgan fingerprint density at radius 3 is 2.66 bits per heavy atom. The van der Waals surface area contributed by atoms with Crippen LogP contribution in [-0.4, -0.2) is 57.4 Å². The first-order chi connectivity index (χ1) is 15.4. The number of nitrogens with one attached hydrogen (secondary N) is 2. The van der Waals surface area contributed by atoms with Crippen molar-refractivity contribution in [1.29, 1.82) is 0 Å². The maximum absolute atomic E-state index is 13.3. The lowest BCUT2D eigenvalue weighted by Crippen LogP contribution is -2.45. The molecule has 0 bridgehead atoms. The number of hydrogen-bond donors (Lipinski definition) is 2. The van der Waals surface area contributed by atoms with Crippen LogP contribution >= 0.6 is 0 Å². The zero-order valence-corrected chi connectivity index (χ0v) is 18.5. The van der Waals surface area contributed by atoms with Crippen molar-refractivity contribution in [3.05, 3.63) is 53.6 Å². The first kappa shape index (κ1) is 22.1. The number of hydrogen-bond acceptors (Lipinski definition) is 6. The van der Waals surface area contributed by atoms with Gasteiger partial charge in [0, 0.05) is 31.8 Å². The van der Waals surface area contributed by atoms with Crippen molar-refractivity contribution in [2.24, 2.45) is 0 Å². The molecule has 0 radical (unpaired) electrons. The minimum absolute atomic E-state index is 0.0692. The van der Waals surface area contributed by atoms with Gasteiger partial charge in [-0.3, -0.25) is 9.59 Å². The van der Waals surface area contributed by atoms with Gasteiger partial charge in [0.25, 0.3) is 5.91 Å². The summed E-state index contributed by atoms with van der Waals surface area (Å²) in [4.78, 5) is 24.7. The largest absolute Gasteiger partial charge is 0.486 e. The molecule has 2 aromatic carbocycles. The van der Waals surface area contributed by atoms with E-state index in [-0.39, 0.29) is 29.8 Å². The van der Waals surface area contributed by atoms with Crippen molar-refractivity contribution in [3.63, 3.8) is 0 Å². The Morgan fingerprint density at radius 2 is 1.88 bits per heavy atom. The van der Waals surface area contributed by atoms with Gasteiger partial charge in [-0.05, 0) is 42.7 Å². The van der Waals surface area contributed by atoms with E-state index in [1.54, 1.807) is 37.4 Å². The van der Waals surface area contributed by atoms with E-state index in [9.17, 15) is 18.0 Å². The summed E-state index contributed by atoms with van der Waals surface area (Å²) in [6.07, 6.45) is 1.03. The lowest BCUT2D eigenvalue weighted by Gasteiger charge is -2.24. The highest BCUT2D eigenvalue weighted by molar-refractivity contribution is 7.89. The van der Waals surface area contributed by atoms with Gasteiger partial charge < -0.3 is 20.1 Å². The highest BCUT2D eigenvalue weighted by Gasteiger charge is 2.39. The molecule has 1 saturated heterocycles. The van der Waals surface area contributed by atoms with Crippen LogP contribution in [0.4, 0.5) is 0 Å². The predicted octanol–water partition coefficient (Wildman–Crippen LogP) is 1.29. The number of carbonyl (C=O) groups excluding carboxylic acids is 2. The van der Waals surface area contributed by atoms with E-state index in [1.807, 2.05) is 0 Å². The monoisotopic (exact) mass is 459 g/mol. The summed E-state index contributed by atoms with van der Waals surface area (Å²) in [5, 5.41) is 5.37. The SMILES string of the molecule is CNC(=O)c1cccc(CNC(=O)C2CCCN2S(=O)(=O)c2ccc3c(c2)OCCO3)c1. The van der Waals surface area contributed by atoms with Gasteiger partial charge in [0.05, 0.1) is 4.90 Å². The number of rotatable bonds is 6. The van der Waals surface area contributed by atoms with Crippen LogP contribution < -0.4 is 20.1 Å². The van der Waals surface area contributed by atoms with Crippen molar-refractivity contribution in [1.82, 2.24) is 14.9 Å². The van der Waals surface area contributed by atoms with Gasteiger partial charge in [-0.1, -0.05) is 12.1 Å². The Kier molecular flexibility index (Phi) is 6.33. The van der Waals surface area contributed by atoms with Crippen LogP contribution in [0, 0.1) is 0 Å². The van der Waals surface area contributed by atoms with E-state index in [2.05, 4.69) is 10.6 Å². The molecule has 0 spiro atoms. The number of fused-ring (bicyclic) bond motifs is 1. The smallest absolute Gasteiger partial charge is 0.251 e. The number of carbonyl (C=O) groups is 2. The number of benzene rings is 2. The Balaban J connectivity index is 1.47. The Bertz CT molecular complexity index is 1130. The molecule has 32 heavy (non-hydrogen) atoms. The number of sulfonamides is 1. The second-order valence-corrected chi connectivity index (χ2v) is 9.47. The van der Waals surface area contributed by atoms with Crippen molar-refractivity contribution in [2.45, 2.75) is 30.3 Å². The molecule has 1 fully saturated rings. The molecule has 2 amide bonds. The molecule has 4 rings (SSSR count). The third-order valence-electron chi connectivity index (χ3n) is 5.51. The van der Waals surface area contributed by atoms with Crippen LogP contribution in [0.1, 0.15) is 28.8 Å².